The molecule has 1 aliphatic carbocycles. The topological polar surface area (TPSA) is 21.3 Å². The van der Waals surface area contributed by atoms with Crippen LogP contribution < -0.4 is 10.1 Å². The lowest BCUT2D eigenvalue weighted by Gasteiger charge is -2.33. The van der Waals surface area contributed by atoms with Gasteiger partial charge in [-0.2, -0.15) is 0 Å². The van der Waals surface area contributed by atoms with Crippen molar-refractivity contribution in [3.8, 4) is 5.75 Å². The summed E-state index contributed by atoms with van der Waals surface area (Å²) >= 11 is 0. The summed E-state index contributed by atoms with van der Waals surface area (Å²) in [6.45, 7) is 5.66. The lowest BCUT2D eigenvalue weighted by Crippen LogP contribution is -2.38. The summed E-state index contributed by atoms with van der Waals surface area (Å²) in [6.07, 6.45) is 5.02. The molecule has 1 aromatic carbocycles. The lowest BCUT2D eigenvalue weighted by atomic mass is 9.75. The van der Waals surface area contributed by atoms with E-state index in [9.17, 15) is 0 Å². The zero-order valence-electron chi connectivity index (χ0n) is 11.8. The van der Waals surface area contributed by atoms with Crippen molar-refractivity contribution in [1.29, 1.82) is 0 Å². The molecular weight excluding hydrogens is 222 g/mol. The molecule has 1 saturated carbocycles. The molecule has 100 valence electrons. The maximum atomic E-state index is 5.36. The van der Waals surface area contributed by atoms with Crippen molar-refractivity contribution in [3.63, 3.8) is 0 Å². The van der Waals surface area contributed by atoms with Crippen molar-refractivity contribution < 1.29 is 4.74 Å². The Morgan fingerprint density at radius 1 is 1.28 bits per heavy atom. The highest BCUT2D eigenvalue weighted by molar-refractivity contribution is 5.34. The first-order valence-electron chi connectivity index (χ1n) is 7.12. The maximum Gasteiger partial charge on any atom is 0.119 e. The summed E-state index contributed by atoms with van der Waals surface area (Å²) in [7, 11) is 1.74. The van der Waals surface area contributed by atoms with E-state index in [1.807, 2.05) is 6.07 Å². The number of hydrogen-bond donors (Lipinski definition) is 1. The van der Waals surface area contributed by atoms with E-state index in [0.717, 1.165) is 31.2 Å². The van der Waals surface area contributed by atoms with Gasteiger partial charge in [0.25, 0.3) is 0 Å². The van der Waals surface area contributed by atoms with Gasteiger partial charge in [-0.15, -0.1) is 0 Å². The molecule has 0 bridgehead atoms. The van der Waals surface area contributed by atoms with Crippen LogP contribution in [-0.4, -0.2) is 19.7 Å². The first-order chi connectivity index (χ1) is 8.74. The zero-order valence-corrected chi connectivity index (χ0v) is 11.8. The van der Waals surface area contributed by atoms with E-state index in [1.54, 1.807) is 7.11 Å². The Bertz CT molecular complexity index is 380. The molecule has 1 aliphatic rings. The van der Waals surface area contributed by atoms with E-state index in [2.05, 4.69) is 37.4 Å². The van der Waals surface area contributed by atoms with E-state index in [0.29, 0.717) is 0 Å². The van der Waals surface area contributed by atoms with Gasteiger partial charge in [0.05, 0.1) is 7.11 Å². The Balaban J connectivity index is 2.19. The zero-order chi connectivity index (χ0) is 13.0. The van der Waals surface area contributed by atoms with Crippen molar-refractivity contribution >= 4 is 0 Å². The second-order valence-electron chi connectivity index (χ2n) is 5.37. The fraction of sp³-hybridized carbons (Fsp3) is 0.625. The minimum atomic E-state index is 0.247. The predicted molar refractivity (Wildman–Crippen MR) is 76.3 cm³/mol. The molecule has 0 amide bonds. The monoisotopic (exact) mass is 247 g/mol. The Kier molecular flexibility index (Phi) is 4.28. The Hall–Kier alpha value is -1.02. The summed E-state index contributed by atoms with van der Waals surface area (Å²) in [5, 5.41) is 3.69. The molecule has 0 atom stereocenters. The van der Waals surface area contributed by atoms with E-state index in [-0.39, 0.29) is 5.41 Å². The predicted octanol–water partition coefficient (Wildman–Crippen LogP) is 3.51. The summed E-state index contributed by atoms with van der Waals surface area (Å²) in [4.78, 5) is 0. The van der Waals surface area contributed by atoms with Crippen LogP contribution in [0.3, 0.4) is 0 Å². The number of ether oxygens (including phenoxy) is 1. The van der Waals surface area contributed by atoms with Crippen LogP contribution in [0, 0.1) is 0 Å². The SMILES string of the molecule is CCC(CC)(CNC1CC1)c1cccc(OC)c1. The van der Waals surface area contributed by atoms with Gasteiger partial charge in [0.2, 0.25) is 0 Å². The van der Waals surface area contributed by atoms with Crippen molar-refractivity contribution in [2.75, 3.05) is 13.7 Å². The van der Waals surface area contributed by atoms with Gasteiger partial charge in [-0.3, -0.25) is 0 Å². The van der Waals surface area contributed by atoms with Crippen LogP contribution in [-0.2, 0) is 5.41 Å². The van der Waals surface area contributed by atoms with E-state index in [4.69, 9.17) is 4.74 Å². The van der Waals surface area contributed by atoms with Gasteiger partial charge in [0, 0.05) is 18.0 Å². The number of nitrogens with one attached hydrogen (secondary N) is 1. The van der Waals surface area contributed by atoms with Crippen molar-refractivity contribution in [3.05, 3.63) is 29.8 Å². The van der Waals surface area contributed by atoms with Crippen LogP contribution in [0.1, 0.15) is 45.1 Å². The van der Waals surface area contributed by atoms with Gasteiger partial charge in [-0.25, -0.2) is 0 Å². The summed E-state index contributed by atoms with van der Waals surface area (Å²) < 4.78 is 5.36. The molecule has 1 aromatic rings. The van der Waals surface area contributed by atoms with Gasteiger partial charge in [0.1, 0.15) is 5.75 Å². The molecule has 0 aromatic heterocycles. The first kappa shape index (κ1) is 13.4. The third-order valence-electron chi connectivity index (χ3n) is 4.34. The number of benzene rings is 1. The fourth-order valence-electron chi connectivity index (χ4n) is 2.59. The Labute approximate surface area is 111 Å². The summed E-state index contributed by atoms with van der Waals surface area (Å²) in [5.74, 6) is 0.963. The van der Waals surface area contributed by atoms with Crippen molar-refractivity contribution in [2.24, 2.45) is 0 Å². The highest BCUT2D eigenvalue weighted by Crippen LogP contribution is 2.34. The van der Waals surface area contributed by atoms with E-state index >= 15 is 0 Å². The average molecular weight is 247 g/mol. The normalized spacial score (nSPS) is 15.7. The molecule has 2 rings (SSSR count). The molecule has 18 heavy (non-hydrogen) atoms. The number of methoxy groups -OCH3 is 1. The van der Waals surface area contributed by atoms with Gasteiger partial charge in [-0.1, -0.05) is 26.0 Å². The molecule has 0 radical (unpaired) electrons. The molecular formula is C16H25NO. The molecule has 0 spiro atoms. The molecule has 1 fully saturated rings. The fourth-order valence-corrected chi connectivity index (χ4v) is 2.59. The highest BCUT2D eigenvalue weighted by atomic mass is 16.5. The van der Waals surface area contributed by atoms with Crippen molar-refractivity contribution in [2.45, 2.75) is 51.0 Å². The second-order valence-corrected chi connectivity index (χ2v) is 5.37. The van der Waals surface area contributed by atoms with Crippen LogP contribution in [0.25, 0.3) is 0 Å². The Morgan fingerprint density at radius 3 is 2.56 bits per heavy atom. The standard InChI is InChI=1S/C16H25NO/c1-4-16(5-2,12-17-14-9-10-14)13-7-6-8-15(11-13)18-3/h6-8,11,14,17H,4-5,9-10,12H2,1-3H3. The average Bonchev–Trinajstić information content (AvgIpc) is 3.25. The maximum absolute atomic E-state index is 5.36. The molecule has 0 aliphatic heterocycles. The first-order valence-corrected chi connectivity index (χ1v) is 7.12. The summed E-state index contributed by atoms with van der Waals surface area (Å²) in [6, 6.07) is 9.33. The lowest BCUT2D eigenvalue weighted by molar-refractivity contribution is 0.362. The second kappa shape index (κ2) is 5.75. The van der Waals surface area contributed by atoms with Gasteiger partial charge >= 0.3 is 0 Å². The largest absolute Gasteiger partial charge is 0.497 e. The van der Waals surface area contributed by atoms with Crippen LogP contribution in [0.15, 0.2) is 24.3 Å². The summed E-state index contributed by atoms with van der Waals surface area (Å²) in [5.41, 5.74) is 1.65. The van der Waals surface area contributed by atoms with Gasteiger partial charge < -0.3 is 10.1 Å². The minimum absolute atomic E-state index is 0.247. The smallest absolute Gasteiger partial charge is 0.119 e. The van der Waals surface area contributed by atoms with Crippen LogP contribution >= 0.6 is 0 Å². The van der Waals surface area contributed by atoms with Crippen LogP contribution in [0.5, 0.6) is 5.75 Å². The molecule has 2 heteroatoms. The van der Waals surface area contributed by atoms with E-state index < -0.39 is 0 Å². The number of hydrogen-bond acceptors (Lipinski definition) is 2. The molecule has 0 saturated heterocycles. The molecule has 1 N–H and O–H groups in total. The van der Waals surface area contributed by atoms with Crippen molar-refractivity contribution in [1.82, 2.24) is 5.32 Å². The molecule has 0 unspecified atom stereocenters. The number of rotatable bonds is 7. The third kappa shape index (κ3) is 2.86. The minimum Gasteiger partial charge on any atom is -0.497 e. The third-order valence-corrected chi connectivity index (χ3v) is 4.34. The quantitative estimate of drug-likeness (QED) is 0.796. The van der Waals surface area contributed by atoms with Crippen LogP contribution in [0.2, 0.25) is 0 Å². The van der Waals surface area contributed by atoms with Crippen LogP contribution in [0.4, 0.5) is 0 Å². The van der Waals surface area contributed by atoms with Gasteiger partial charge in [0.15, 0.2) is 0 Å². The van der Waals surface area contributed by atoms with Gasteiger partial charge in [-0.05, 0) is 43.4 Å². The molecule has 0 heterocycles. The highest BCUT2D eigenvalue weighted by Gasteiger charge is 2.31. The van der Waals surface area contributed by atoms with E-state index in [1.165, 1.54) is 18.4 Å². The molecule has 2 nitrogen and oxygen atoms in total. The Morgan fingerprint density at radius 2 is 2.00 bits per heavy atom.